The number of thiazole rings is 1. The molecule has 2 heterocycles. The number of rotatable bonds is 3. The number of aromatic nitrogens is 3. The molecule has 0 saturated heterocycles. The molecule has 0 atom stereocenters. The third-order valence-electron chi connectivity index (χ3n) is 2.86. The lowest BCUT2D eigenvalue weighted by atomic mass is 10.2. The van der Waals surface area contributed by atoms with Crippen LogP contribution in [0.1, 0.15) is 10.6 Å². The Kier molecular flexibility index (Phi) is 2.79. The van der Waals surface area contributed by atoms with Crippen LogP contribution in [0.4, 0.5) is 0 Å². The Hall–Kier alpha value is -2.21. The Bertz CT molecular complexity index is 746. The minimum Gasteiger partial charge on any atom is -0.481 e. The van der Waals surface area contributed by atoms with E-state index in [1.807, 2.05) is 37.3 Å². The van der Waals surface area contributed by atoms with Crippen molar-refractivity contribution in [2.24, 2.45) is 0 Å². The molecule has 1 aromatic carbocycles. The minimum atomic E-state index is -0.837. The molecule has 0 fully saturated rings. The second kappa shape index (κ2) is 4.47. The molecule has 0 unspecified atom stereocenters. The second-order valence-electron chi connectivity index (χ2n) is 4.18. The van der Waals surface area contributed by atoms with Gasteiger partial charge in [0, 0.05) is 10.4 Å². The summed E-state index contributed by atoms with van der Waals surface area (Å²) in [5.41, 5.74) is 1.80. The fraction of sp³-hybridized carbons (Fsp3) is 0.154. The number of fused-ring (bicyclic) bond motifs is 1. The van der Waals surface area contributed by atoms with Crippen molar-refractivity contribution in [3.05, 3.63) is 40.9 Å². The fourth-order valence-corrected chi connectivity index (χ4v) is 2.94. The Labute approximate surface area is 113 Å². The van der Waals surface area contributed by atoms with Crippen LogP contribution < -0.4 is 0 Å². The minimum absolute atomic E-state index is 0.0161. The van der Waals surface area contributed by atoms with Gasteiger partial charge in [-0.05, 0) is 6.92 Å². The lowest BCUT2D eigenvalue weighted by molar-refractivity contribution is -0.136. The monoisotopic (exact) mass is 273 g/mol. The van der Waals surface area contributed by atoms with Gasteiger partial charge in [-0.25, -0.2) is 4.52 Å². The van der Waals surface area contributed by atoms with Crippen LogP contribution >= 0.6 is 11.3 Å². The first-order valence-electron chi connectivity index (χ1n) is 5.77. The smallest absolute Gasteiger partial charge is 0.308 e. The highest BCUT2D eigenvalue weighted by atomic mass is 32.1. The van der Waals surface area contributed by atoms with E-state index in [0.717, 1.165) is 21.1 Å². The average Bonchev–Trinajstić information content (AvgIpc) is 2.92. The largest absolute Gasteiger partial charge is 0.481 e. The molecule has 3 rings (SSSR count). The Morgan fingerprint density at radius 3 is 2.74 bits per heavy atom. The number of hydrogen-bond acceptors (Lipinski definition) is 4. The van der Waals surface area contributed by atoms with Gasteiger partial charge in [-0.1, -0.05) is 41.7 Å². The standard InChI is InChI=1S/C13H11N3O2S/c1-8-10(7-11(17)18)19-13-14-12(15-16(8)13)9-5-3-2-4-6-9/h2-6H,7H2,1H3,(H,17,18). The summed E-state index contributed by atoms with van der Waals surface area (Å²) < 4.78 is 1.71. The molecule has 0 amide bonds. The number of aryl methyl sites for hydroxylation is 1. The molecule has 6 heteroatoms. The van der Waals surface area contributed by atoms with Gasteiger partial charge < -0.3 is 5.11 Å². The number of nitrogens with zero attached hydrogens (tertiary/aromatic N) is 3. The van der Waals surface area contributed by atoms with Crippen LogP contribution in [0.2, 0.25) is 0 Å². The molecular weight excluding hydrogens is 262 g/mol. The van der Waals surface area contributed by atoms with Crippen LogP contribution in [-0.2, 0) is 11.2 Å². The molecule has 0 aliphatic heterocycles. The number of aliphatic carboxylic acids is 1. The summed E-state index contributed by atoms with van der Waals surface area (Å²) in [6.45, 7) is 1.87. The number of benzene rings is 1. The van der Waals surface area contributed by atoms with E-state index in [2.05, 4.69) is 10.1 Å². The van der Waals surface area contributed by atoms with Gasteiger partial charge in [-0.15, -0.1) is 5.10 Å². The van der Waals surface area contributed by atoms with Crippen molar-refractivity contribution in [3.8, 4) is 11.4 Å². The van der Waals surface area contributed by atoms with Crippen LogP contribution in [0.5, 0.6) is 0 Å². The van der Waals surface area contributed by atoms with Crippen LogP contribution in [0.25, 0.3) is 16.3 Å². The molecule has 2 aromatic heterocycles. The molecule has 96 valence electrons. The van der Waals surface area contributed by atoms with Gasteiger partial charge in [0.05, 0.1) is 12.1 Å². The summed E-state index contributed by atoms with van der Waals surface area (Å²) in [7, 11) is 0. The number of carbonyl (C=O) groups is 1. The topological polar surface area (TPSA) is 67.5 Å². The summed E-state index contributed by atoms with van der Waals surface area (Å²) in [5.74, 6) is -0.173. The molecule has 0 aliphatic carbocycles. The van der Waals surface area contributed by atoms with Crippen molar-refractivity contribution >= 4 is 22.3 Å². The molecule has 0 radical (unpaired) electrons. The number of carboxylic acid groups (broad SMARTS) is 1. The van der Waals surface area contributed by atoms with Crippen molar-refractivity contribution in [2.45, 2.75) is 13.3 Å². The Morgan fingerprint density at radius 1 is 1.37 bits per heavy atom. The quantitative estimate of drug-likeness (QED) is 0.795. The lowest BCUT2D eigenvalue weighted by Crippen LogP contribution is -2.00. The van der Waals surface area contributed by atoms with E-state index in [1.54, 1.807) is 4.52 Å². The van der Waals surface area contributed by atoms with E-state index in [4.69, 9.17) is 5.11 Å². The van der Waals surface area contributed by atoms with Crippen molar-refractivity contribution in [1.29, 1.82) is 0 Å². The van der Waals surface area contributed by atoms with Gasteiger partial charge in [0.25, 0.3) is 0 Å². The Balaban J connectivity index is 2.06. The summed E-state index contributed by atoms with van der Waals surface area (Å²) in [6, 6.07) is 9.72. The first-order valence-corrected chi connectivity index (χ1v) is 6.59. The fourth-order valence-electron chi connectivity index (χ4n) is 1.90. The molecule has 0 bridgehead atoms. The zero-order chi connectivity index (χ0) is 13.4. The molecular formula is C13H11N3O2S. The van der Waals surface area contributed by atoms with Gasteiger partial charge in [0.1, 0.15) is 0 Å². The summed E-state index contributed by atoms with van der Waals surface area (Å²) in [6.07, 6.45) is 0.0161. The summed E-state index contributed by atoms with van der Waals surface area (Å²) in [5, 5.41) is 13.3. The molecule has 0 aliphatic rings. The zero-order valence-electron chi connectivity index (χ0n) is 10.2. The van der Waals surface area contributed by atoms with E-state index < -0.39 is 5.97 Å². The van der Waals surface area contributed by atoms with Crippen LogP contribution in [0.15, 0.2) is 30.3 Å². The molecule has 19 heavy (non-hydrogen) atoms. The Morgan fingerprint density at radius 2 is 2.11 bits per heavy atom. The molecule has 0 saturated carbocycles. The van der Waals surface area contributed by atoms with Crippen LogP contribution in [0, 0.1) is 6.92 Å². The van der Waals surface area contributed by atoms with Crippen LogP contribution in [0.3, 0.4) is 0 Å². The van der Waals surface area contributed by atoms with Gasteiger partial charge in [0.15, 0.2) is 5.82 Å². The number of hydrogen-bond donors (Lipinski definition) is 1. The van der Waals surface area contributed by atoms with Gasteiger partial charge in [-0.3, -0.25) is 4.79 Å². The number of carboxylic acids is 1. The first-order chi connectivity index (χ1) is 9.15. The summed E-state index contributed by atoms with van der Waals surface area (Å²) >= 11 is 1.38. The van der Waals surface area contributed by atoms with E-state index in [0.29, 0.717) is 5.82 Å². The molecule has 1 N–H and O–H groups in total. The maximum absolute atomic E-state index is 10.8. The maximum Gasteiger partial charge on any atom is 0.308 e. The lowest BCUT2D eigenvalue weighted by Gasteiger charge is -1.95. The highest BCUT2D eigenvalue weighted by molar-refractivity contribution is 7.17. The van der Waals surface area contributed by atoms with Crippen LogP contribution in [-0.4, -0.2) is 25.7 Å². The predicted octanol–water partition coefficient (Wildman–Crippen LogP) is 2.39. The van der Waals surface area contributed by atoms with E-state index in [9.17, 15) is 4.79 Å². The van der Waals surface area contributed by atoms with Crippen molar-refractivity contribution in [3.63, 3.8) is 0 Å². The van der Waals surface area contributed by atoms with Gasteiger partial charge in [0.2, 0.25) is 4.96 Å². The zero-order valence-corrected chi connectivity index (χ0v) is 11.0. The highest BCUT2D eigenvalue weighted by Crippen LogP contribution is 2.25. The predicted molar refractivity (Wildman–Crippen MR) is 72.4 cm³/mol. The molecule has 5 nitrogen and oxygen atoms in total. The first kappa shape index (κ1) is 11.9. The van der Waals surface area contributed by atoms with E-state index in [1.165, 1.54) is 11.3 Å². The molecule has 0 spiro atoms. The van der Waals surface area contributed by atoms with Crippen molar-refractivity contribution in [2.75, 3.05) is 0 Å². The maximum atomic E-state index is 10.8. The van der Waals surface area contributed by atoms with Crippen molar-refractivity contribution in [1.82, 2.24) is 14.6 Å². The molecule has 3 aromatic rings. The second-order valence-corrected chi connectivity index (χ2v) is 5.24. The van der Waals surface area contributed by atoms with Gasteiger partial charge >= 0.3 is 5.97 Å². The third kappa shape index (κ3) is 2.10. The third-order valence-corrected chi connectivity index (χ3v) is 3.99. The highest BCUT2D eigenvalue weighted by Gasteiger charge is 2.15. The average molecular weight is 273 g/mol. The van der Waals surface area contributed by atoms with E-state index >= 15 is 0 Å². The van der Waals surface area contributed by atoms with E-state index in [-0.39, 0.29) is 6.42 Å². The van der Waals surface area contributed by atoms with Crippen molar-refractivity contribution < 1.29 is 9.90 Å². The van der Waals surface area contributed by atoms with Gasteiger partial charge in [-0.2, -0.15) is 4.98 Å². The normalized spacial score (nSPS) is 11.0. The SMILES string of the molecule is Cc1c(CC(=O)O)sc2nc(-c3ccccc3)nn12. The summed E-state index contributed by atoms with van der Waals surface area (Å²) in [4.78, 5) is 16.7.